The number of esters is 1. The topological polar surface area (TPSA) is 165 Å². The largest absolute Gasteiger partial charge is 0.481 e. The molecule has 0 saturated heterocycles. The van der Waals surface area contributed by atoms with E-state index >= 15 is 0 Å². The van der Waals surface area contributed by atoms with Gasteiger partial charge in [-0.1, -0.05) is 6.07 Å². The number of ketones is 1. The number of alkyl halides is 6. The van der Waals surface area contributed by atoms with Crippen molar-refractivity contribution in [3.8, 4) is 0 Å². The molecule has 39 heavy (non-hydrogen) atoms. The lowest BCUT2D eigenvalue weighted by Crippen LogP contribution is -2.52. The minimum absolute atomic E-state index is 0.0892. The molecule has 1 aromatic carbocycles. The molecule has 0 radical (unpaired) electrons. The first-order valence-electron chi connectivity index (χ1n) is 11.5. The van der Waals surface area contributed by atoms with Crippen LogP contribution >= 0.6 is 0 Å². The number of carboxylic acid groups (broad SMARTS) is 1. The number of nitrogens with one attached hydrogen (secondary N) is 2. The molecule has 0 fully saturated rings. The second kappa shape index (κ2) is 14.5. The van der Waals surface area contributed by atoms with E-state index in [0.29, 0.717) is 18.9 Å². The van der Waals surface area contributed by atoms with Gasteiger partial charge in [0.25, 0.3) is 0 Å². The third-order valence-corrected chi connectivity index (χ3v) is 5.22. The summed E-state index contributed by atoms with van der Waals surface area (Å²) < 4.78 is 84.4. The molecule has 1 rings (SSSR count). The Labute approximate surface area is 218 Å². The van der Waals surface area contributed by atoms with Crippen LogP contribution in [0, 0.1) is 0 Å². The number of carbonyl (C=O) groups is 5. The van der Waals surface area contributed by atoms with Crippen LogP contribution in [0.1, 0.15) is 60.5 Å². The Bertz CT molecular complexity index is 1030. The zero-order chi connectivity index (χ0) is 30.0. The molecule has 2 atom stereocenters. The van der Waals surface area contributed by atoms with Crippen LogP contribution in [0.25, 0.3) is 0 Å². The molecule has 2 unspecified atom stereocenters. The normalized spacial score (nSPS) is 13.2. The fourth-order valence-electron chi connectivity index (χ4n) is 3.41. The maximum Gasteiger partial charge on any atom is 0.417 e. The highest BCUT2D eigenvalue weighted by Gasteiger charge is 2.43. The van der Waals surface area contributed by atoms with Crippen LogP contribution in [0.15, 0.2) is 18.2 Å². The van der Waals surface area contributed by atoms with Crippen molar-refractivity contribution in [2.75, 3.05) is 13.2 Å². The summed E-state index contributed by atoms with van der Waals surface area (Å²) in [6.07, 6.45) is -11.0. The second-order valence-corrected chi connectivity index (χ2v) is 8.30. The highest BCUT2D eigenvalue weighted by molar-refractivity contribution is 5.97. The van der Waals surface area contributed by atoms with Crippen molar-refractivity contribution in [1.82, 2.24) is 10.6 Å². The SMILES string of the molecule is CC(=O)NC(CCCCN)C(=O)NC(CCC(=O)O)C(=O)COC(=O)c1c(C(F)(F)F)cccc1C(F)(F)F. The molecule has 16 heteroatoms. The van der Waals surface area contributed by atoms with Crippen LogP contribution < -0.4 is 16.4 Å². The van der Waals surface area contributed by atoms with Crippen LogP contribution in [0.4, 0.5) is 26.3 Å². The number of halogens is 6. The molecule has 218 valence electrons. The number of carboxylic acids is 1. The van der Waals surface area contributed by atoms with Gasteiger partial charge in [0.05, 0.1) is 22.7 Å². The van der Waals surface area contributed by atoms with Crippen LogP contribution in [-0.4, -0.2) is 59.9 Å². The number of carbonyl (C=O) groups excluding carboxylic acids is 4. The summed E-state index contributed by atoms with van der Waals surface area (Å²) in [6.45, 7) is 0.0155. The Hall–Kier alpha value is -3.69. The number of ether oxygens (including phenoxy) is 1. The zero-order valence-corrected chi connectivity index (χ0v) is 20.6. The molecule has 1 aromatic rings. The Morgan fingerprint density at radius 1 is 0.923 bits per heavy atom. The van der Waals surface area contributed by atoms with Gasteiger partial charge in [0.1, 0.15) is 6.04 Å². The summed E-state index contributed by atoms with van der Waals surface area (Å²) in [5, 5.41) is 13.5. The minimum atomic E-state index is -5.37. The number of nitrogens with two attached hydrogens (primary N) is 1. The molecule has 5 N–H and O–H groups in total. The molecule has 0 aromatic heterocycles. The molecule has 0 aliphatic carbocycles. The lowest BCUT2D eigenvalue weighted by Gasteiger charge is -2.22. The fraction of sp³-hybridized carbons (Fsp3) is 0.522. The number of Topliss-reactive ketones (excluding diaryl/α,β-unsaturated/α-hetero) is 1. The standard InChI is InChI=1S/C23H27F6N3O7/c1-12(33)31-16(7-2-3-10-30)20(37)32-15(8-9-18(35)36)17(34)11-39-21(38)19-13(22(24,25)26)5-4-6-14(19)23(27,28)29/h4-6,15-16H,2-3,7-11,30H2,1H3,(H,31,33)(H,32,37)(H,35,36). The molecular weight excluding hydrogens is 544 g/mol. The molecule has 0 bridgehead atoms. The van der Waals surface area contributed by atoms with Gasteiger partial charge in [-0.2, -0.15) is 26.3 Å². The molecule has 0 saturated carbocycles. The summed E-state index contributed by atoms with van der Waals surface area (Å²) in [6, 6.07) is -1.91. The van der Waals surface area contributed by atoms with Crippen LogP contribution in [0.2, 0.25) is 0 Å². The van der Waals surface area contributed by atoms with Gasteiger partial charge < -0.3 is 26.2 Å². The van der Waals surface area contributed by atoms with Gasteiger partial charge in [0.15, 0.2) is 12.4 Å². The van der Waals surface area contributed by atoms with Gasteiger partial charge in [0, 0.05) is 13.3 Å². The van der Waals surface area contributed by atoms with Gasteiger partial charge in [-0.15, -0.1) is 0 Å². The fourth-order valence-corrected chi connectivity index (χ4v) is 3.41. The van der Waals surface area contributed by atoms with Gasteiger partial charge in [-0.05, 0) is 44.4 Å². The average molecular weight is 571 g/mol. The Balaban J connectivity index is 3.16. The Morgan fingerprint density at radius 2 is 1.49 bits per heavy atom. The first-order valence-corrected chi connectivity index (χ1v) is 11.5. The molecule has 0 heterocycles. The van der Waals surface area contributed by atoms with E-state index in [2.05, 4.69) is 15.4 Å². The van der Waals surface area contributed by atoms with E-state index in [1.54, 1.807) is 0 Å². The Morgan fingerprint density at radius 3 is 1.95 bits per heavy atom. The quantitative estimate of drug-likeness (QED) is 0.150. The molecule has 2 amide bonds. The average Bonchev–Trinajstić information content (AvgIpc) is 2.82. The third-order valence-electron chi connectivity index (χ3n) is 5.22. The van der Waals surface area contributed by atoms with E-state index in [1.807, 2.05) is 0 Å². The zero-order valence-electron chi connectivity index (χ0n) is 20.6. The summed E-state index contributed by atoms with van der Waals surface area (Å²) in [4.78, 5) is 60.2. The maximum absolute atomic E-state index is 13.3. The molecule has 0 aliphatic heterocycles. The summed E-state index contributed by atoms with van der Waals surface area (Å²) in [5.41, 5.74) is -0.354. The third kappa shape index (κ3) is 10.9. The monoisotopic (exact) mass is 571 g/mol. The predicted molar refractivity (Wildman–Crippen MR) is 121 cm³/mol. The first kappa shape index (κ1) is 33.3. The van der Waals surface area contributed by atoms with Gasteiger partial charge in [-0.3, -0.25) is 19.2 Å². The molecule has 10 nitrogen and oxygen atoms in total. The lowest BCUT2D eigenvalue weighted by atomic mass is 10.00. The van der Waals surface area contributed by atoms with E-state index in [-0.39, 0.29) is 25.1 Å². The van der Waals surface area contributed by atoms with E-state index in [1.165, 1.54) is 0 Å². The van der Waals surface area contributed by atoms with Crippen molar-refractivity contribution >= 4 is 29.5 Å². The predicted octanol–water partition coefficient (Wildman–Crippen LogP) is 2.43. The van der Waals surface area contributed by atoms with E-state index in [0.717, 1.165) is 6.92 Å². The van der Waals surface area contributed by atoms with Crippen LogP contribution in [0.3, 0.4) is 0 Å². The van der Waals surface area contributed by atoms with Gasteiger partial charge in [-0.25, -0.2) is 4.79 Å². The number of rotatable bonds is 14. The lowest BCUT2D eigenvalue weighted by molar-refractivity contribution is -0.144. The summed E-state index contributed by atoms with van der Waals surface area (Å²) in [5.74, 6) is -6.23. The van der Waals surface area contributed by atoms with Crippen molar-refractivity contribution in [1.29, 1.82) is 0 Å². The molecule has 0 aliphatic rings. The van der Waals surface area contributed by atoms with Crippen molar-refractivity contribution in [3.63, 3.8) is 0 Å². The maximum atomic E-state index is 13.3. The number of aliphatic carboxylic acids is 1. The number of hydrogen-bond acceptors (Lipinski definition) is 7. The highest BCUT2D eigenvalue weighted by Crippen LogP contribution is 2.39. The van der Waals surface area contributed by atoms with Crippen LogP contribution in [0.5, 0.6) is 0 Å². The van der Waals surface area contributed by atoms with E-state index in [4.69, 9.17) is 10.8 Å². The number of unbranched alkanes of at least 4 members (excludes halogenated alkanes) is 1. The molecule has 0 spiro atoms. The van der Waals surface area contributed by atoms with Gasteiger partial charge in [0.2, 0.25) is 11.8 Å². The summed E-state index contributed by atoms with van der Waals surface area (Å²) in [7, 11) is 0. The van der Waals surface area contributed by atoms with Crippen molar-refractivity contribution < 1.29 is 60.2 Å². The van der Waals surface area contributed by atoms with E-state index < -0.39 is 90.1 Å². The van der Waals surface area contributed by atoms with Crippen molar-refractivity contribution in [2.24, 2.45) is 5.73 Å². The number of benzene rings is 1. The highest BCUT2D eigenvalue weighted by atomic mass is 19.4. The number of hydrogen-bond donors (Lipinski definition) is 4. The van der Waals surface area contributed by atoms with Crippen LogP contribution in [-0.2, 0) is 36.3 Å². The molecular formula is C23H27F6N3O7. The number of amides is 2. The minimum Gasteiger partial charge on any atom is -0.481 e. The second-order valence-electron chi connectivity index (χ2n) is 8.30. The van der Waals surface area contributed by atoms with E-state index in [9.17, 15) is 50.3 Å². The Kier molecular flexibility index (Phi) is 12.4. The smallest absolute Gasteiger partial charge is 0.417 e. The first-order chi connectivity index (χ1) is 18.0. The summed E-state index contributed by atoms with van der Waals surface area (Å²) >= 11 is 0. The van der Waals surface area contributed by atoms with Gasteiger partial charge >= 0.3 is 24.3 Å². The van der Waals surface area contributed by atoms with Crippen molar-refractivity contribution in [2.45, 2.75) is 63.5 Å². The van der Waals surface area contributed by atoms with Crippen molar-refractivity contribution in [3.05, 3.63) is 34.9 Å².